The summed E-state index contributed by atoms with van der Waals surface area (Å²) in [5.41, 5.74) is 6.74. The number of anilines is 1. The third kappa shape index (κ3) is 3.68. The first-order valence-corrected chi connectivity index (χ1v) is 6.72. The summed E-state index contributed by atoms with van der Waals surface area (Å²) in [6.45, 7) is 4.50. The summed E-state index contributed by atoms with van der Waals surface area (Å²) in [6.07, 6.45) is 0. The number of hydrogen-bond acceptors (Lipinski definition) is 4. The number of hydrogen-bond donors (Lipinski definition) is 2. The van der Waals surface area contributed by atoms with Gasteiger partial charge in [-0.2, -0.15) is 0 Å². The number of benzene rings is 1. The molecule has 0 aliphatic carbocycles. The fraction of sp³-hybridized carbons (Fsp3) is 0.500. The van der Waals surface area contributed by atoms with Gasteiger partial charge in [0.25, 0.3) is 0 Å². The van der Waals surface area contributed by atoms with E-state index in [0.29, 0.717) is 37.6 Å². The topological polar surface area (TPSA) is 67.6 Å². The van der Waals surface area contributed by atoms with Crippen LogP contribution in [0.2, 0.25) is 0 Å². The maximum Gasteiger partial charge on any atom is 0.236 e. The lowest BCUT2D eigenvalue weighted by molar-refractivity contribution is -0.122. The highest BCUT2D eigenvalue weighted by Gasteiger charge is 2.15. The van der Waals surface area contributed by atoms with Crippen molar-refractivity contribution in [1.82, 2.24) is 5.32 Å². The van der Waals surface area contributed by atoms with Crippen LogP contribution in [0.5, 0.6) is 0 Å². The lowest BCUT2D eigenvalue weighted by Crippen LogP contribution is -2.38. The highest BCUT2D eigenvalue weighted by Crippen LogP contribution is 2.21. The van der Waals surface area contributed by atoms with Crippen molar-refractivity contribution in [2.24, 2.45) is 5.73 Å². The maximum atomic E-state index is 14.1. The molecule has 2 rings (SSSR count). The van der Waals surface area contributed by atoms with Gasteiger partial charge in [0.05, 0.1) is 24.9 Å². The lowest BCUT2D eigenvalue weighted by atomic mass is 10.1. The Morgan fingerprint density at radius 1 is 1.50 bits per heavy atom. The van der Waals surface area contributed by atoms with E-state index in [4.69, 9.17) is 10.5 Å². The molecule has 1 aromatic rings. The molecule has 1 amide bonds. The van der Waals surface area contributed by atoms with Crippen LogP contribution in [0.3, 0.4) is 0 Å². The van der Waals surface area contributed by atoms with Crippen LogP contribution in [0.1, 0.15) is 12.5 Å². The molecule has 1 aliphatic heterocycles. The monoisotopic (exact) mass is 281 g/mol. The zero-order valence-corrected chi connectivity index (χ0v) is 11.6. The van der Waals surface area contributed by atoms with E-state index in [1.54, 1.807) is 13.0 Å². The number of nitrogens with zero attached hydrogens (tertiary/aromatic N) is 1. The fourth-order valence-electron chi connectivity index (χ4n) is 2.07. The second-order valence-corrected chi connectivity index (χ2v) is 4.89. The van der Waals surface area contributed by atoms with Gasteiger partial charge in [-0.15, -0.1) is 0 Å². The molecule has 20 heavy (non-hydrogen) atoms. The Kier molecular flexibility index (Phi) is 4.92. The van der Waals surface area contributed by atoms with Crippen LogP contribution in [0.15, 0.2) is 18.2 Å². The standard InChI is InChI=1S/C14H20FN3O2/c1-10(16)14(19)17-9-11-2-3-13(12(15)8-11)18-4-6-20-7-5-18/h2-3,8,10H,4-7,9,16H2,1H3,(H,17,19)/t10-/m0/s1. The van der Waals surface area contributed by atoms with Crippen molar-refractivity contribution in [3.63, 3.8) is 0 Å². The molecule has 0 saturated carbocycles. The normalized spacial score (nSPS) is 16.9. The van der Waals surface area contributed by atoms with E-state index >= 15 is 0 Å². The van der Waals surface area contributed by atoms with Gasteiger partial charge >= 0.3 is 0 Å². The number of carbonyl (C=O) groups is 1. The third-order valence-electron chi connectivity index (χ3n) is 3.24. The molecule has 1 aliphatic rings. The van der Waals surface area contributed by atoms with Gasteiger partial charge in [0.15, 0.2) is 0 Å². The average Bonchev–Trinajstić information content (AvgIpc) is 2.45. The van der Waals surface area contributed by atoms with E-state index in [2.05, 4.69) is 5.32 Å². The quantitative estimate of drug-likeness (QED) is 0.849. The first-order valence-electron chi connectivity index (χ1n) is 6.72. The molecule has 1 aromatic carbocycles. The van der Waals surface area contributed by atoms with E-state index in [1.165, 1.54) is 6.07 Å². The highest BCUT2D eigenvalue weighted by atomic mass is 19.1. The van der Waals surface area contributed by atoms with Crippen LogP contribution in [0, 0.1) is 5.82 Å². The molecule has 0 spiro atoms. The largest absolute Gasteiger partial charge is 0.378 e. The van der Waals surface area contributed by atoms with Crippen molar-refractivity contribution in [1.29, 1.82) is 0 Å². The van der Waals surface area contributed by atoms with Crippen molar-refractivity contribution in [3.05, 3.63) is 29.6 Å². The predicted molar refractivity (Wildman–Crippen MR) is 74.9 cm³/mol. The molecule has 6 heteroatoms. The van der Waals surface area contributed by atoms with Gasteiger partial charge in [-0.3, -0.25) is 4.79 Å². The molecule has 0 radical (unpaired) electrons. The van der Waals surface area contributed by atoms with Crippen molar-refractivity contribution in [3.8, 4) is 0 Å². The minimum absolute atomic E-state index is 0.248. The van der Waals surface area contributed by atoms with Gasteiger partial charge in [-0.05, 0) is 24.6 Å². The second-order valence-electron chi connectivity index (χ2n) is 4.89. The Morgan fingerprint density at radius 3 is 2.80 bits per heavy atom. The van der Waals surface area contributed by atoms with Gasteiger partial charge in [0.2, 0.25) is 5.91 Å². The smallest absolute Gasteiger partial charge is 0.236 e. The van der Waals surface area contributed by atoms with Crippen molar-refractivity contribution in [2.75, 3.05) is 31.2 Å². The minimum Gasteiger partial charge on any atom is -0.378 e. The Balaban J connectivity index is 2.00. The molecule has 1 saturated heterocycles. The summed E-state index contributed by atoms with van der Waals surface area (Å²) < 4.78 is 19.3. The Hall–Kier alpha value is -1.66. The van der Waals surface area contributed by atoms with Crippen LogP contribution >= 0.6 is 0 Å². The molecule has 1 heterocycles. The van der Waals surface area contributed by atoms with E-state index < -0.39 is 6.04 Å². The third-order valence-corrected chi connectivity index (χ3v) is 3.24. The van der Waals surface area contributed by atoms with Gasteiger partial charge in [0.1, 0.15) is 5.82 Å². The molecule has 5 nitrogen and oxygen atoms in total. The van der Waals surface area contributed by atoms with Gasteiger partial charge in [-0.1, -0.05) is 6.07 Å². The zero-order chi connectivity index (χ0) is 14.5. The van der Waals surface area contributed by atoms with Crippen molar-refractivity contribution in [2.45, 2.75) is 19.5 Å². The number of amides is 1. The van der Waals surface area contributed by atoms with Gasteiger partial charge < -0.3 is 20.7 Å². The summed E-state index contributed by atoms with van der Waals surface area (Å²) in [5.74, 6) is -0.526. The summed E-state index contributed by atoms with van der Waals surface area (Å²) in [6, 6.07) is 4.45. The van der Waals surface area contributed by atoms with Gasteiger partial charge in [-0.25, -0.2) is 4.39 Å². The summed E-state index contributed by atoms with van der Waals surface area (Å²) >= 11 is 0. The van der Waals surface area contributed by atoms with Crippen molar-refractivity contribution >= 4 is 11.6 Å². The summed E-state index contributed by atoms with van der Waals surface area (Å²) in [7, 11) is 0. The molecule has 1 fully saturated rings. The molecule has 1 atom stereocenters. The lowest BCUT2D eigenvalue weighted by Gasteiger charge is -2.29. The number of rotatable bonds is 4. The number of ether oxygens (including phenoxy) is 1. The fourth-order valence-corrected chi connectivity index (χ4v) is 2.07. The predicted octanol–water partition coefficient (Wildman–Crippen LogP) is 0.626. The molecular formula is C14H20FN3O2. The van der Waals surface area contributed by atoms with E-state index in [9.17, 15) is 9.18 Å². The van der Waals surface area contributed by atoms with Crippen LogP contribution < -0.4 is 16.0 Å². The minimum atomic E-state index is -0.563. The number of halogens is 1. The van der Waals surface area contributed by atoms with Crippen LogP contribution in [-0.4, -0.2) is 38.3 Å². The molecule has 0 unspecified atom stereocenters. The first-order chi connectivity index (χ1) is 9.58. The zero-order valence-electron chi connectivity index (χ0n) is 11.6. The first kappa shape index (κ1) is 14.7. The van der Waals surface area contributed by atoms with Crippen LogP contribution in [0.25, 0.3) is 0 Å². The Bertz CT molecular complexity index is 473. The summed E-state index contributed by atoms with van der Waals surface area (Å²) in [5, 5.41) is 2.66. The van der Waals surface area contributed by atoms with Crippen LogP contribution in [0.4, 0.5) is 10.1 Å². The molecule has 0 bridgehead atoms. The van der Waals surface area contributed by atoms with E-state index in [-0.39, 0.29) is 18.3 Å². The molecule has 110 valence electrons. The average molecular weight is 281 g/mol. The van der Waals surface area contributed by atoms with Crippen LogP contribution in [-0.2, 0) is 16.1 Å². The van der Waals surface area contributed by atoms with E-state index in [1.807, 2.05) is 11.0 Å². The second kappa shape index (κ2) is 6.67. The Labute approximate surface area is 117 Å². The number of nitrogens with two attached hydrogens (primary N) is 1. The number of morpholine rings is 1. The highest BCUT2D eigenvalue weighted by molar-refractivity contribution is 5.80. The maximum absolute atomic E-state index is 14.1. The van der Waals surface area contributed by atoms with Crippen molar-refractivity contribution < 1.29 is 13.9 Å². The SMILES string of the molecule is C[C@H](N)C(=O)NCc1ccc(N2CCOCC2)c(F)c1. The molecular weight excluding hydrogens is 261 g/mol. The number of nitrogens with one attached hydrogen (secondary N) is 1. The molecule has 0 aromatic heterocycles. The summed E-state index contributed by atoms with van der Waals surface area (Å²) in [4.78, 5) is 13.3. The Morgan fingerprint density at radius 2 is 2.20 bits per heavy atom. The van der Waals surface area contributed by atoms with Gasteiger partial charge in [0, 0.05) is 19.6 Å². The molecule has 3 N–H and O–H groups in total. The number of carbonyl (C=O) groups excluding carboxylic acids is 1. The van der Waals surface area contributed by atoms with E-state index in [0.717, 1.165) is 0 Å².